The van der Waals surface area contributed by atoms with Crippen LogP contribution in [0.5, 0.6) is 0 Å². The van der Waals surface area contributed by atoms with E-state index in [1.165, 1.54) is 32.2 Å². The highest BCUT2D eigenvalue weighted by Crippen LogP contribution is 2.06. The molecule has 1 rings (SSSR count). The van der Waals surface area contributed by atoms with E-state index in [2.05, 4.69) is 36.2 Å². The summed E-state index contributed by atoms with van der Waals surface area (Å²) in [4.78, 5) is 4.58. The van der Waals surface area contributed by atoms with Crippen LogP contribution in [0.4, 0.5) is 0 Å². The molecular formula is C10H22N2S. The van der Waals surface area contributed by atoms with Crippen LogP contribution < -0.4 is 0 Å². The molecule has 0 amide bonds. The average molecular weight is 202 g/mol. The van der Waals surface area contributed by atoms with Crippen LogP contribution in [0.3, 0.4) is 0 Å². The Morgan fingerprint density at radius 1 is 1.15 bits per heavy atom. The van der Waals surface area contributed by atoms with E-state index in [-0.39, 0.29) is 13.5 Å². The Morgan fingerprint density at radius 2 is 1.92 bits per heavy atom. The number of nitrogens with zero attached hydrogens (tertiary/aromatic N) is 2. The van der Waals surface area contributed by atoms with Crippen molar-refractivity contribution in [3.05, 3.63) is 12.4 Å². The lowest BCUT2D eigenvalue weighted by atomic mass is 10.2. The highest BCUT2D eigenvalue weighted by Gasteiger charge is 2.06. The Bertz CT molecular complexity index is 148. The van der Waals surface area contributed by atoms with Crippen molar-refractivity contribution in [2.45, 2.75) is 32.6 Å². The molecule has 0 saturated heterocycles. The van der Waals surface area contributed by atoms with Gasteiger partial charge in [0, 0.05) is 26.0 Å². The maximum Gasteiger partial charge on any atom is 0.0890 e. The molecule has 1 aliphatic rings. The van der Waals surface area contributed by atoms with Gasteiger partial charge in [0.1, 0.15) is 0 Å². The monoisotopic (exact) mass is 202 g/mol. The van der Waals surface area contributed by atoms with Crippen LogP contribution in [0.1, 0.15) is 32.6 Å². The Morgan fingerprint density at radius 3 is 2.46 bits per heavy atom. The minimum Gasteiger partial charge on any atom is -0.362 e. The highest BCUT2D eigenvalue weighted by molar-refractivity contribution is 7.59. The van der Waals surface area contributed by atoms with Crippen LogP contribution in [-0.2, 0) is 0 Å². The number of hydrogen-bond acceptors (Lipinski definition) is 2. The molecule has 1 heterocycles. The summed E-state index contributed by atoms with van der Waals surface area (Å²) in [7, 11) is 2.11. The molecule has 0 bridgehead atoms. The third-order valence-corrected chi connectivity index (χ3v) is 2.24. The quantitative estimate of drug-likeness (QED) is 0.632. The smallest absolute Gasteiger partial charge is 0.0890 e. The fourth-order valence-electron chi connectivity index (χ4n) is 1.48. The number of hydrogen-bond donors (Lipinski definition) is 0. The van der Waals surface area contributed by atoms with E-state index in [0.717, 1.165) is 6.67 Å². The molecule has 0 saturated carbocycles. The second-order valence-electron chi connectivity index (χ2n) is 3.57. The Labute approximate surface area is 89.0 Å². The van der Waals surface area contributed by atoms with E-state index in [4.69, 9.17) is 0 Å². The van der Waals surface area contributed by atoms with Crippen molar-refractivity contribution in [1.82, 2.24) is 9.80 Å². The molecule has 0 atom stereocenters. The fourth-order valence-corrected chi connectivity index (χ4v) is 1.48. The van der Waals surface area contributed by atoms with Gasteiger partial charge in [0.15, 0.2) is 0 Å². The van der Waals surface area contributed by atoms with Crippen molar-refractivity contribution in [3.63, 3.8) is 0 Å². The largest absolute Gasteiger partial charge is 0.362 e. The van der Waals surface area contributed by atoms with E-state index >= 15 is 0 Å². The zero-order valence-electron chi connectivity index (χ0n) is 8.79. The first-order valence-corrected chi connectivity index (χ1v) is 4.95. The van der Waals surface area contributed by atoms with Gasteiger partial charge in [-0.05, 0) is 6.42 Å². The molecular weight excluding hydrogens is 180 g/mol. The van der Waals surface area contributed by atoms with Crippen molar-refractivity contribution in [3.8, 4) is 0 Å². The molecule has 0 aromatic rings. The SMILES string of the molecule is CCCCCCN1C=CN(C)C1.S. The first kappa shape index (κ1) is 12.7. The molecule has 0 aromatic carbocycles. The molecule has 78 valence electrons. The second kappa shape index (κ2) is 7.13. The maximum atomic E-state index is 2.37. The summed E-state index contributed by atoms with van der Waals surface area (Å²) >= 11 is 0. The standard InChI is InChI=1S/C10H20N2.H2S/c1-3-4-5-6-7-12-9-8-11(2)10-12;/h8-9H,3-7,10H2,1-2H3;1H2. The summed E-state index contributed by atoms with van der Waals surface area (Å²) in [6.45, 7) is 4.55. The molecule has 1 aliphatic heterocycles. The van der Waals surface area contributed by atoms with Crippen molar-refractivity contribution >= 4 is 13.5 Å². The van der Waals surface area contributed by atoms with E-state index in [1.54, 1.807) is 0 Å². The van der Waals surface area contributed by atoms with E-state index < -0.39 is 0 Å². The molecule has 0 unspecified atom stereocenters. The summed E-state index contributed by atoms with van der Waals surface area (Å²) in [5.74, 6) is 0. The molecule has 0 aromatic heterocycles. The summed E-state index contributed by atoms with van der Waals surface area (Å²) < 4.78 is 0. The van der Waals surface area contributed by atoms with Gasteiger partial charge < -0.3 is 9.80 Å². The minimum atomic E-state index is 0. The third kappa shape index (κ3) is 5.09. The second-order valence-corrected chi connectivity index (χ2v) is 3.57. The van der Waals surface area contributed by atoms with Gasteiger partial charge in [0.25, 0.3) is 0 Å². The van der Waals surface area contributed by atoms with Gasteiger partial charge in [0.05, 0.1) is 6.67 Å². The lowest BCUT2D eigenvalue weighted by Gasteiger charge is -2.17. The predicted octanol–water partition coefficient (Wildman–Crippen LogP) is 2.36. The summed E-state index contributed by atoms with van der Waals surface area (Å²) in [5, 5.41) is 0. The van der Waals surface area contributed by atoms with Crippen molar-refractivity contribution in [2.75, 3.05) is 20.3 Å². The lowest BCUT2D eigenvalue weighted by Crippen LogP contribution is -2.23. The predicted molar refractivity (Wildman–Crippen MR) is 63.0 cm³/mol. The number of rotatable bonds is 5. The van der Waals surface area contributed by atoms with E-state index in [0.29, 0.717) is 0 Å². The van der Waals surface area contributed by atoms with Crippen molar-refractivity contribution in [2.24, 2.45) is 0 Å². The zero-order chi connectivity index (χ0) is 8.81. The Hall–Kier alpha value is -0.310. The van der Waals surface area contributed by atoms with Gasteiger partial charge in [-0.1, -0.05) is 26.2 Å². The Balaban J connectivity index is 0.00000144. The lowest BCUT2D eigenvalue weighted by molar-refractivity contribution is 0.291. The van der Waals surface area contributed by atoms with Gasteiger partial charge in [-0.25, -0.2) is 0 Å². The Kier molecular flexibility index (Phi) is 6.96. The molecule has 0 radical (unpaired) electrons. The van der Waals surface area contributed by atoms with Crippen LogP contribution in [0.15, 0.2) is 12.4 Å². The molecule has 0 aliphatic carbocycles. The minimum absolute atomic E-state index is 0. The van der Waals surface area contributed by atoms with Gasteiger partial charge in [0.2, 0.25) is 0 Å². The summed E-state index contributed by atoms with van der Waals surface area (Å²) in [5.41, 5.74) is 0. The maximum absolute atomic E-state index is 2.37. The van der Waals surface area contributed by atoms with Gasteiger partial charge in [-0.2, -0.15) is 13.5 Å². The van der Waals surface area contributed by atoms with Gasteiger partial charge in [-0.3, -0.25) is 0 Å². The van der Waals surface area contributed by atoms with Gasteiger partial charge >= 0.3 is 0 Å². The molecule has 0 N–H and O–H groups in total. The van der Waals surface area contributed by atoms with Crippen LogP contribution in [0.25, 0.3) is 0 Å². The molecule has 3 heteroatoms. The first-order valence-electron chi connectivity index (χ1n) is 4.95. The van der Waals surface area contributed by atoms with Crippen molar-refractivity contribution in [1.29, 1.82) is 0 Å². The van der Waals surface area contributed by atoms with Gasteiger partial charge in [-0.15, -0.1) is 0 Å². The molecule has 13 heavy (non-hydrogen) atoms. The topological polar surface area (TPSA) is 6.48 Å². The normalized spacial score (nSPS) is 14.9. The highest BCUT2D eigenvalue weighted by atomic mass is 32.1. The third-order valence-electron chi connectivity index (χ3n) is 2.24. The summed E-state index contributed by atoms with van der Waals surface area (Å²) in [6, 6.07) is 0. The van der Waals surface area contributed by atoms with Crippen LogP contribution in [-0.4, -0.2) is 30.1 Å². The van der Waals surface area contributed by atoms with E-state index in [1.807, 2.05) is 0 Å². The van der Waals surface area contributed by atoms with Crippen LogP contribution in [0, 0.1) is 0 Å². The van der Waals surface area contributed by atoms with E-state index in [9.17, 15) is 0 Å². The zero-order valence-corrected chi connectivity index (χ0v) is 9.79. The van der Waals surface area contributed by atoms with Crippen LogP contribution >= 0.6 is 13.5 Å². The average Bonchev–Trinajstić information content (AvgIpc) is 2.45. The molecule has 0 fully saturated rings. The number of unbranched alkanes of at least 4 members (excludes halogenated alkanes) is 3. The molecule has 0 spiro atoms. The first-order chi connectivity index (χ1) is 5.83. The summed E-state index contributed by atoms with van der Waals surface area (Å²) in [6.07, 6.45) is 9.76. The van der Waals surface area contributed by atoms with Crippen molar-refractivity contribution < 1.29 is 0 Å². The fraction of sp³-hybridized carbons (Fsp3) is 0.800. The molecule has 2 nitrogen and oxygen atoms in total. The van der Waals surface area contributed by atoms with Crippen LogP contribution in [0.2, 0.25) is 0 Å².